The third kappa shape index (κ3) is 5.59. The van der Waals surface area contributed by atoms with Gasteiger partial charge in [-0.25, -0.2) is 9.80 Å². The lowest BCUT2D eigenvalue weighted by molar-refractivity contribution is -0.133. The summed E-state index contributed by atoms with van der Waals surface area (Å²) in [6.45, 7) is 2.40. The van der Waals surface area contributed by atoms with E-state index in [0.717, 1.165) is 29.0 Å². The number of nitrogens with zero attached hydrogens (tertiary/aromatic N) is 3. The average Bonchev–Trinajstić information content (AvgIpc) is 3.32. The van der Waals surface area contributed by atoms with Crippen molar-refractivity contribution in [2.24, 2.45) is 5.10 Å². The second-order valence-corrected chi connectivity index (χ2v) is 7.93. The highest BCUT2D eigenvalue weighted by atomic mass is 16.5. The molecule has 0 aromatic heterocycles. The number of hydrogen-bond donors (Lipinski definition) is 1. The number of urea groups is 1. The average molecular weight is 469 g/mol. The van der Waals surface area contributed by atoms with Crippen LogP contribution >= 0.6 is 0 Å². The Kier molecular flexibility index (Phi) is 8.34. The van der Waals surface area contributed by atoms with Crippen molar-refractivity contribution in [2.75, 3.05) is 41.5 Å². The Morgan fingerprint density at radius 3 is 2.35 bits per heavy atom. The van der Waals surface area contributed by atoms with Gasteiger partial charge in [0.2, 0.25) is 0 Å². The van der Waals surface area contributed by atoms with Gasteiger partial charge in [0.05, 0.1) is 33.1 Å². The molecule has 1 N–H and O–H groups in total. The van der Waals surface area contributed by atoms with Crippen molar-refractivity contribution in [3.05, 3.63) is 53.6 Å². The number of carbonyl (C=O) groups is 2. The van der Waals surface area contributed by atoms with E-state index in [2.05, 4.69) is 10.4 Å². The highest BCUT2D eigenvalue weighted by Gasteiger charge is 2.35. The summed E-state index contributed by atoms with van der Waals surface area (Å²) in [6.07, 6.45) is 1.29. The third-order valence-electron chi connectivity index (χ3n) is 5.63. The highest BCUT2D eigenvalue weighted by molar-refractivity contribution is 6.03. The molecule has 34 heavy (non-hydrogen) atoms. The van der Waals surface area contributed by atoms with Crippen LogP contribution in [-0.2, 0) is 4.79 Å². The summed E-state index contributed by atoms with van der Waals surface area (Å²) < 4.78 is 16.2. The molecule has 0 fully saturated rings. The molecular weight excluding hydrogens is 436 g/mol. The van der Waals surface area contributed by atoms with Gasteiger partial charge >= 0.3 is 6.03 Å². The lowest BCUT2D eigenvalue weighted by atomic mass is 9.97. The number of ether oxygens (including phenoxy) is 3. The van der Waals surface area contributed by atoms with Crippen LogP contribution in [0.2, 0.25) is 0 Å². The van der Waals surface area contributed by atoms with Gasteiger partial charge in [0.1, 0.15) is 23.8 Å². The van der Waals surface area contributed by atoms with Gasteiger partial charge in [0, 0.05) is 25.6 Å². The number of benzene rings is 2. The fourth-order valence-electron chi connectivity index (χ4n) is 3.75. The topological polar surface area (TPSA) is 92.7 Å². The van der Waals surface area contributed by atoms with Gasteiger partial charge in [-0.05, 0) is 54.4 Å². The summed E-state index contributed by atoms with van der Waals surface area (Å²) >= 11 is 0. The molecule has 1 aliphatic rings. The standard InChI is InChI=1S/C25H32N4O5/c1-6-13-26-25(31)28(2)16-24(30)29-22(20-14-19(33-4)11-12-23(20)34-5)15-21(27-29)17-7-9-18(32-3)10-8-17/h7-12,14,22H,6,13,15-16H2,1-5H3,(H,26,31)/t22-/m0/s1. The van der Waals surface area contributed by atoms with E-state index in [0.29, 0.717) is 24.5 Å². The number of hydrogen-bond acceptors (Lipinski definition) is 6. The van der Waals surface area contributed by atoms with Crippen LogP contribution in [0.3, 0.4) is 0 Å². The predicted molar refractivity (Wildman–Crippen MR) is 130 cm³/mol. The zero-order valence-corrected chi connectivity index (χ0v) is 20.3. The first-order chi connectivity index (χ1) is 16.4. The quantitative estimate of drug-likeness (QED) is 0.609. The molecule has 9 nitrogen and oxygen atoms in total. The number of carbonyl (C=O) groups excluding carboxylic acids is 2. The third-order valence-corrected chi connectivity index (χ3v) is 5.63. The second kappa shape index (κ2) is 11.4. The lowest BCUT2D eigenvalue weighted by Gasteiger charge is -2.26. The normalized spacial score (nSPS) is 14.9. The van der Waals surface area contributed by atoms with E-state index in [1.807, 2.05) is 43.3 Å². The molecule has 2 aromatic carbocycles. The number of likely N-dealkylation sites (N-methyl/N-ethyl adjacent to an activating group) is 1. The van der Waals surface area contributed by atoms with Gasteiger partial charge in [-0.2, -0.15) is 5.10 Å². The molecular formula is C25H32N4O5. The number of rotatable bonds is 9. The van der Waals surface area contributed by atoms with E-state index in [9.17, 15) is 9.59 Å². The summed E-state index contributed by atoms with van der Waals surface area (Å²) in [4.78, 5) is 27.0. The minimum Gasteiger partial charge on any atom is -0.497 e. The summed E-state index contributed by atoms with van der Waals surface area (Å²) in [7, 11) is 6.38. The largest absolute Gasteiger partial charge is 0.497 e. The first-order valence-electron chi connectivity index (χ1n) is 11.2. The number of amides is 3. The van der Waals surface area contributed by atoms with Gasteiger partial charge in [0.25, 0.3) is 5.91 Å². The minimum absolute atomic E-state index is 0.113. The van der Waals surface area contributed by atoms with Crippen molar-refractivity contribution in [2.45, 2.75) is 25.8 Å². The Balaban J connectivity index is 1.93. The summed E-state index contributed by atoms with van der Waals surface area (Å²) in [6, 6.07) is 12.3. The van der Waals surface area contributed by atoms with E-state index < -0.39 is 6.04 Å². The minimum atomic E-state index is -0.415. The van der Waals surface area contributed by atoms with E-state index in [1.54, 1.807) is 34.4 Å². The maximum atomic E-state index is 13.4. The van der Waals surface area contributed by atoms with Crippen LogP contribution in [0.1, 0.15) is 36.9 Å². The van der Waals surface area contributed by atoms with E-state index in [4.69, 9.17) is 14.2 Å². The van der Waals surface area contributed by atoms with E-state index in [-0.39, 0.29) is 18.5 Å². The molecule has 9 heteroatoms. The van der Waals surface area contributed by atoms with Crippen LogP contribution < -0.4 is 19.5 Å². The fraction of sp³-hybridized carbons (Fsp3) is 0.400. The number of methoxy groups -OCH3 is 3. The molecule has 2 aromatic rings. The zero-order valence-electron chi connectivity index (χ0n) is 20.3. The zero-order chi connectivity index (χ0) is 24.7. The van der Waals surface area contributed by atoms with Crippen LogP contribution in [0, 0.1) is 0 Å². The van der Waals surface area contributed by atoms with Gasteiger partial charge in [-0.15, -0.1) is 0 Å². The fourth-order valence-corrected chi connectivity index (χ4v) is 3.75. The number of hydrazone groups is 1. The molecule has 1 heterocycles. The van der Waals surface area contributed by atoms with Crippen LogP contribution in [0.5, 0.6) is 17.2 Å². The molecule has 3 rings (SSSR count). The maximum absolute atomic E-state index is 13.4. The Morgan fingerprint density at radius 1 is 1.06 bits per heavy atom. The van der Waals surface area contributed by atoms with Crippen molar-refractivity contribution in [3.63, 3.8) is 0 Å². The van der Waals surface area contributed by atoms with Gasteiger partial charge in [-0.3, -0.25) is 4.79 Å². The Morgan fingerprint density at radius 2 is 1.74 bits per heavy atom. The molecule has 0 unspecified atom stereocenters. The molecule has 0 bridgehead atoms. The molecule has 0 saturated heterocycles. The first kappa shape index (κ1) is 24.9. The number of nitrogens with one attached hydrogen (secondary N) is 1. The Hall–Kier alpha value is -3.75. The van der Waals surface area contributed by atoms with Crippen molar-refractivity contribution in [1.29, 1.82) is 0 Å². The van der Waals surface area contributed by atoms with Crippen molar-refractivity contribution < 1.29 is 23.8 Å². The van der Waals surface area contributed by atoms with E-state index >= 15 is 0 Å². The van der Waals surface area contributed by atoms with Crippen molar-refractivity contribution in [3.8, 4) is 17.2 Å². The Bertz CT molecular complexity index is 1040. The summed E-state index contributed by atoms with van der Waals surface area (Å²) in [5.74, 6) is 1.72. The predicted octanol–water partition coefficient (Wildman–Crippen LogP) is 3.44. The van der Waals surface area contributed by atoms with Crippen LogP contribution in [-0.4, -0.2) is 69.0 Å². The van der Waals surface area contributed by atoms with Gasteiger partial charge in [0.15, 0.2) is 0 Å². The maximum Gasteiger partial charge on any atom is 0.317 e. The molecule has 1 atom stereocenters. The molecule has 3 amide bonds. The molecule has 0 aliphatic carbocycles. The SMILES string of the molecule is CCCNC(=O)N(C)CC(=O)N1N=C(c2ccc(OC)cc2)C[C@H]1c1cc(OC)ccc1OC. The van der Waals surface area contributed by atoms with Crippen LogP contribution in [0.15, 0.2) is 47.6 Å². The second-order valence-electron chi connectivity index (χ2n) is 7.93. The highest BCUT2D eigenvalue weighted by Crippen LogP contribution is 2.39. The van der Waals surface area contributed by atoms with Crippen molar-refractivity contribution >= 4 is 17.6 Å². The molecule has 0 radical (unpaired) electrons. The molecule has 182 valence electrons. The van der Waals surface area contributed by atoms with E-state index in [1.165, 1.54) is 9.91 Å². The van der Waals surface area contributed by atoms with Gasteiger partial charge in [-0.1, -0.05) is 6.92 Å². The monoisotopic (exact) mass is 468 g/mol. The first-order valence-corrected chi connectivity index (χ1v) is 11.2. The van der Waals surface area contributed by atoms with Gasteiger partial charge < -0.3 is 24.4 Å². The summed E-state index contributed by atoms with van der Waals surface area (Å²) in [5.41, 5.74) is 2.42. The van der Waals surface area contributed by atoms with Crippen molar-refractivity contribution in [1.82, 2.24) is 15.2 Å². The smallest absolute Gasteiger partial charge is 0.317 e. The Labute approximate surface area is 200 Å². The summed E-state index contributed by atoms with van der Waals surface area (Å²) in [5, 5.41) is 8.91. The van der Waals surface area contributed by atoms with Crippen LogP contribution in [0.25, 0.3) is 0 Å². The lowest BCUT2D eigenvalue weighted by Crippen LogP contribution is -2.43. The van der Waals surface area contributed by atoms with Crippen LogP contribution in [0.4, 0.5) is 4.79 Å². The molecule has 1 aliphatic heterocycles. The molecule has 0 spiro atoms. The molecule has 0 saturated carbocycles.